The van der Waals surface area contributed by atoms with Crippen molar-refractivity contribution in [3.05, 3.63) is 39.9 Å². The molecule has 2 rings (SSSR count). The Morgan fingerprint density at radius 2 is 2.05 bits per heavy atom. The highest BCUT2D eigenvalue weighted by Crippen LogP contribution is 2.21. The third-order valence-electron chi connectivity index (χ3n) is 3.73. The lowest BCUT2D eigenvalue weighted by Crippen LogP contribution is -2.35. The Hall–Kier alpha value is -1.17. The van der Waals surface area contributed by atoms with Gasteiger partial charge in [-0.2, -0.15) is 0 Å². The van der Waals surface area contributed by atoms with Crippen molar-refractivity contribution in [1.29, 1.82) is 0 Å². The number of hydrogen-bond donors (Lipinski definition) is 1. The Morgan fingerprint density at radius 3 is 2.65 bits per heavy atom. The van der Waals surface area contributed by atoms with Crippen LogP contribution in [0.25, 0.3) is 0 Å². The number of rotatable bonds is 5. The highest BCUT2D eigenvalue weighted by molar-refractivity contribution is 5.85. The van der Waals surface area contributed by atoms with E-state index in [0.29, 0.717) is 5.92 Å². The molecule has 1 saturated heterocycles. The van der Waals surface area contributed by atoms with E-state index in [-0.39, 0.29) is 23.0 Å². The molecule has 1 aromatic carbocycles. The fourth-order valence-electron chi connectivity index (χ4n) is 2.75. The molecule has 5 nitrogen and oxygen atoms in total. The van der Waals surface area contributed by atoms with Crippen LogP contribution in [0.3, 0.4) is 0 Å². The zero-order chi connectivity index (χ0) is 13.7. The number of nitrogens with zero attached hydrogens (tertiary/aromatic N) is 2. The molecular formula is C14H22ClN3O2. The van der Waals surface area contributed by atoms with E-state index in [9.17, 15) is 10.1 Å². The van der Waals surface area contributed by atoms with E-state index in [4.69, 9.17) is 5.73 Å². The van der Waals surface area contributed by atoms with Crippen molar-refractivity contribution in [2.75, 3.05) is 19.6 Å². The molecule has 1 aliphatic rings. The fraction of sp³-hybridized carbons (Fsp3) is 0.571. The molecule has 0 amide bonds. The standard InChI is InChI=1S/C14H21N3O2.ClH/c15-8-7-12-2-1-9-16(10-12)11-13-3-5-14(6-4-13)17(18)19;/h3-6,12H,1-2,7-11,15H2;1H. The van der Waals surface area contributed by atoms with Gasteiger partial charge in [-0.25, -0.2) is 0 Å². The first-order valence-corrected chi connectivity index (χ1v) is 6.85. The lowest BCUT2D eigenvalue weighted by atomic mass is 9.94. The van der Waals surface area contributed by atoms with Crippen LogP contribution in [-0.4, -0.2) is 29.5 Å². The summed E-state index contributed by atoms with van der Waals surface area (Å²) in [5, 5.41) is 10.6. The van der Waals surface area contributed by atoms with E-state index < -0.39 is 0 Å². The van der Waals surface area contributed by atoms with Crippen LogP contribution in [-0.2, 0) is 6.54 Å². The van der Waals surface area contributed by atoms with Crippen molar-refractivity contribution >= 4 is 18.1 Å². The van der Waals surface area contributed by atoms with Gasteiger partial charge in [0, 0.05) is 25.2 Å². The maximum absolute atomic E-state index is 10.6. The topological polar surface area (TPSA) is 72.4 Å². The van der Waals surface area contributed by atoms with Crippen LogP contribution < -0.4 is 5.73 Å². The Morgan fingerprint density at radius 1 is 1.35 bits per heavy atom. The first-order valence-electron chi connectivity index (χ1n) is 6.85. The Labute approximate surface area is 125 Å². The fourth-order valence-corrected chi connectivity index (χ4v) is 2.75. The molecule has 0 bridgehead atoms. The summed E-state index contributed by atoms with van der Waals surface area (Å²) in [5.74, 6) is 0.705. The molecule has 20 heavy (non-hydrogen) atoms. The summed E-state index contributed by atoms with van der Waals surface area (Å²) in [6.07, 6.45) is 3.59. The number of non-ortho nitro benzene ring substituents is 1. The number of likely N-dealkylation sites (tertiary alicyclic amines) is 1. The van der Waals surface area contributed by atoms with Gasteiger partial charge in [0.2, 0.25) is 0 Å². The SMILES string of the molecule is Cl.NCCC1CCCN(Cc2ccc([N+](=O)[O-])cc2)C1. The zero-order valence-corrected chi connectivity index (χ0v) is 12.3. The summed E-state index contributed by atoms with van der Waals surface area (Å²) in [7, 11) is 0. The monoisotopic (exact) mass is 299 g/mol. The predicted octanol–water partition coefficient (Wildman–Crippen LogP) is 2.58. The smallest absolute Gasteiger partial charge is 0.269 e. The molecule has 0 aromatic heterocycles. The number of nitro groups is 1. The lowest BCUT2D eigenvalue weighted by molar-refractivity contribution is -0.384. The molecule has 1 heterocycles. The molecular weight excluding hydrogens is 278 g/mol. The molecule has 6 heteroatoms. The van der Waals surface area contributed by atoms with Gasteiger partial charge < -0.3 is 5.73 Å². The van der Waals surface area contributed by atoms with Crippen LogP contribution in [0.15, 0.2) is 24.3 Å². The highest BCUT2D eigenvalue weighted by Gasteiger charge is 2.19. The van der Waals surface area contributed by atoms with Crippen LogP contribution in [0.4, 0.5) is 5.69 Å². The Bertz CT molecular complexity index is 423. The van der Waals surface area contributed by atoms with Crippen LogP contribution in [0.5, 0.6) is 0 Å². The first-order chi connectivity index (χ1) is 9.19. The van der Waals surface area contributed by atoms with Crippen LogP contribution in [0.1, 0.15) is 24.8 Å². The first kappa shape index (κ1) is 16.9. The second-order valence-electron chi connectivity index (χ2n) is 5.24. The van der Waals surface area contributed by atoms with Gasteiger partial charge in [-0.3, -0.25) is 15.0 Å². The van der Waals surface area contributed by atoms with E-state index in [2.05, 4.69) is 4.90 Å². The second-order valence-corrected chi connectivity index (χ2v) is 5.24. The summed E-state index contributed by atoms with van der Waals surface area (Å²) in [4.78, 5) is 12.7. The van der Waals surface area contributed by atoms with Crippen molar-refractivity contribution in [1.82, 2.24) is 4.90 Å². The maximum Gasteiger partial charge on any atom is 0.269 e. The van der Waals surface area contributed by atoms with Crippen molar-refractivity contribution in [2.24, 2.45) is 11.7 Å². The van der Waals surface area contributed by atoms with Gasteiger partial charge in [-0.1, -0.05) is 12.1 Å². The molecule has 1 aromatic rings. The quantitative estimate of drug-likeness (QED) is 0.670. The van der Waals surface area contributed by atoms with Crippen LogP contribution in [0, 0.1) is 16.0 Å². The molecule has 1 unspecified atom stereocenters. The van der Waals surface area contributed by atoms with Crippen molar-refractivity contribution in [3.8, 4) is 0 Å². The molecule has 1 aliphatic heterocycles. The van der Waals surface area contributed by atoms with Gasteiger partial charge in [0.05, 0.1) is 4.92 Å². The molecule has 1 fully saturated rings. The maximum atomic E-state index is 10.6. The van der Waals surface area contributed by atoms with E-state index in [0.717, 1.165) is 38.2 Å². The third-order valence-corrected chi connectivity index (χ3v) is 3.73. The summed E-state index contributed by atoms with van der Waals surface area (Å²) in [6.45, 7) is 3.83. The zero-order valence-electron chi connectivity index (χ0n) is 11.5. The molecule has 0 saturated carbocycles. The van der Waals surface area contributed by atoms with Gasteiger partial charge in [0.1, 0.15) is 0 Å². The van der Waals surface area contributed by atoms with Crippen molar-refractivity contribution in [2.45, 2.75) is 25.8 Å². The molecule has 1 atom stereocenters. The van der Waals surface area contributed by atoms with Crippen molar-refractivity contribution < 1.29 is 4.92 Å². The molecule has 0 spiro atoms. The number of benzene rings is 1. The largest absolute Gasteiger partial charge is 0.330 e. The van der Waals surface area contributed by atoms with Gasteiger partial charge in [0.25, 0.3) is 5.69 Å². The van der Waals surface area contributed by atoms with E-state index in [1.54, 1.807) is 12.1 Å². The van der Waals surface area contributed by atoms with Gasteiger partial charge in [-0.05, 0) is 43.8 Å². The molecule has 0 radical (unpaired) electrons. The molecule has 112 valence electrons. The number of nitrogens with two attached hydrogens (primary N) is 1. The van der Waals surface area contributed by atoms with Gasteiger partial charge in [0.15, 0.2) is 0 Å². The van der Waals surface area contributed by atoms with Gasteiger partial charge >= 0.3 is 0 Å². The number of piperidine rings is 1. The van der Waals surface area contributed by atoms with Gasteiger partial charge in [-0.15, -0.1) is 12.4 Å². The number of nitro benzene ring substituents is 1. The minimum Gasteiger partial charge on any atom is -0.330 e. The minimum absolute atomic E-state index is 0. The van der Waals surface area contributed by atoms with E-state index in [1.807, 2.05) is 12.1 Å². The highest BCUT2D eigenvalue weighted by atomic mass is 35.5. The lowest BCUT2D eigenvalue weighted by Gasteiger charge is -2.32. The average molecular weight is 300 g/mol. The molecule has 0 aliphatic carbocycles. The Balaban J connectivity index is 0.00000200. The summed E-state index contributed by atoms with van der Waals surface area (Å²) >= 11 is 0. The normalized spacial score (nSPS) is 19.4. The Kier molecular flexibility index (Phi) is 6.91. The average Bonchev–Trinajstić information content (AvgIpc) is 2.40. The van der Waals surface area contributed by atoms with E-state index in [1.165, 1.54) is 12.8 Å². The van der Waals surface area contributed by atoms with E-state index >= 15 is 0 Å². The predicted molar refractivity (Wildman–Crippen MR) is 82.0 cm³/mol. The number of hydrogen-bond acceptors (Lipinski definition) is 4. The number of halogens is 1. The summed E-state index contributed by atoms with van der Waals surface area (Å²) in [5.41, 5.74) is 6.91. The summed E-state index contributed by atoms with van der Waals surface area (Å²) in [6, 6.07) is 6.86. The summed E-state index contributed by atoms with van der Waals surface area (Å²) < 4.78 is 0. The minimum atomic E-state index is -0.359. The molecule has 2 N–H and O–H groups in total. The van der Waals surface area contributed by atoms with Crippen LogP contribution >= 0.6 is 12.4 Å². The second kappa shape index (κ2) is 8.19. The third kappa shape index (κ3) is 4.74. The van der Waals surface area contributed by atoms with Crippen molar-refractivity contribution in [3.63, 3.8) is 0 Å². The van der Waals surface area contributed by atoms with Crippen LogP contribution in [0.2, 0.25) is 0 Å².